The minimum absolute atomic E-state index is 0.185. The first-order chi connectivity index (χ1) is 10.4. The molecule has 0 aliphatic carbocycles. The van der Waals surface area contributed by atoms with Crippen LogP contribution in [-0.4, -0.2) is 58.5 Å². The summed E-state index contributed by atoms with van der Waals surface area (Å²) in [5.74, 6) is -0.185. The predicted molar refractivity (Wildman–Crippen MR) is 100 cm³/mol. The molecule has 0 aliphatic heterocycles. The Hall–Kier alpha value is -0.693. The molecule has 0 heterocycles. The molecule has 0 unspecified atom stereocenters. The van der Waals surface area contributed by atoms with Gasteiger partial charge in [-0.1, -0.05) is 50.0 Å². The van der Waals surface area contributed by atoms with Crippen LogP contribution in [0, 0.1) is 0 Å². The second-order valence-corrected chi connectivity index (χ2v) is 15.5. The number of aryl methyl sites for hydroxylation is 1. The zero-order chi connectivity index (χ0) is 17.7. The first kappa shape index (κ1) is 20.4. The lowest BCUT2D eigenvalue weighted by molar-refractivity contribution is -0.887. The van der Waals surface area contributed by atoms with E-state index in [0.29, 0.717) is 11.0 Å². The highest BCUT2D eigenvalue weighted by molar-refractivity contribution is 7.85. The van der Waals surface area contributed by atoms with Crippen LogP contribution in [0.2, 0.25) is 25.7 Å². The second-order valence-electron chi connectivity index (χ2n) is 8.30. The fraction of sp³-hybridized carbons (Fsp3) is 0.647. The van der Waals surface area contributed by atoms with Gasteiger partial charge in [0, 0.05) is 14.5 Å². The standard InChI is InChI=1S/C17H31NO3SSi/c1-18(2,13-14-22(19,20)21)12-10-16-6-8-17(9-7-16)11-15-23(3,4)5/h6-9H,10-15H2,1-5H3/p+1. The Morgan fingerprint density at radius 2 is 1.43 bits per heavy atom. The first-order valence-corrected chi connectivity index (χ1v) is 13.5. The molecule has 0 amide bonds. The predicted octanol–water partition coefficient (Wildman–Crippen LogP) is 3.07. The van der Waals surface area contributed by atoms with Crippen LogP contribution < -0.4 is 0 Å². The van der Waals surface area contributed by atoms with E-state index < -0.39 is 18.2 Å². The van der Waals surface area contributed by atoms with Gasteiger partial charge in [0.05, 0.1) is 27.2 Å². The van der Waals surface area contributed by atoms with E-state index in [-0.39, 0.29) is 5.75 Å². The molecule has 132 valence electrons. The van der Waals surface area contributed by atoms with Crippen LogP contribution in [0.3, 0.4) is 0 Å². The molecule has 0 atom stereocenters. The number of rotatable bonds is 9. The summed E-state index contributed by atoms with van der Waals surface area (Å²) in [5.41, 5.74) is 2.68. The van der Waals surface area contributed by atoms with Crippen molar-refractivity contribution in [1.82, 2.24) is 0 Å². The molecule has 1 rings (SSSR count). The van der Waals surface area contributed by atoms with Crippen molar-refractivity contribution in [3.8, 4) is 0 Å². The first-order valence-electron chi connectivity index (χ1n) is 8.21. The van der Waals surface area contributed by atoms with Gasteiger partial charge in [-0.05, 0) is 17.5 Å². The average molecular weight is 359 g/mol. The molecule has 4 nitrogen and oxygen atoms in total. The van der Waals surface area contributed by atoms with Crippen LogP contribution in [0.4, 0.5) is 0 Å². The van der Waals surface area contributed by atoms with Crippen LogP contribution in [0.25, 0.3) is 0 Å². The van der Waals surface area contributed by atoms with E-state index in [2.05, 4.69) is 43.9 Å². The summed E-state index contributed by atoms with van der Waals surface area (Å²) in [6.07, 6.45) is 2.07. The van der Waals surface area contributed by atoms with E-state index in [1.54, 1.807) is 0 Å². The van der Waals surface area contributed by atoms with Gasteiger partial charge in [-0.2, -0.15) is 8.42 Å². The van der Waals surface area contributed by atoms with Gasteiger partial charge in [0.2, 0.25) is 0 Å². The average Bonchev–Trinajstić information content (AvgIpc) is 2.41. The molecule has 1 aromatic carbocycles. The Balaban J connectivity index is 2.49. The molecule has 0 saturated carbocycles. The van der Waals surface area contributed by atoms with Gasteiger partial charge < -0.3 is 4.48 Å². The molecular formula is C17H32NO3SSi+. The van der Waals surface area contributed by atoms with E-state index in [9.17, 15) is 8.42 Å². The summed E-state index contributed by atoms with van der Waals surface area (Å²) in [7, 11) is -0.880. The molecule has 1 aromatic rings. The summed E-state index contributed by atoms with van der Waals surface area (Å²) in [6, 6.07) is 10.1. The SMILES string of the molecule is C[N+](C)(CCc1ccc(CC[Si](C)(C)C)cc1)CCS(=O)(=O)O. The van der Waals surface area contributed by atoms with Crippen molar-refractivity contribution in [1.29, 1.82) is 0 Å². The highest BCUT2D eigenvalue weighted by atomic mass is 32.2. The lowest BCUT2D eigenvalue weighted by atomic mass is 10.1. The van der Waals surface area contributed by atoms with Crippen LogP contribution in [0.5, 0.6) is 0 Å². The van der Waals surface area contributed by atoms with Crippen molar-refractivity contribution in [3.05, 3.63) is 35.4 Å². The van der Waals surface area contributed by atoms with Gasteiger partial charge in [-0.15, -0.1) is 0 Å². The van der Waals surface area contributed by atoms with Crippen LogP contribution >= 0.6 is 0 Å². The lowest BCUT2D eigenvalue weighted by Crippen LogP contribution is -2.44. The van der Waals surface area contributed by atoms with Crippen LogP contribution in [-0.2, 0) is 23.0 Å². The maximum atomic E-state index is 10.9. The van der Waals surface area contributed by atoms with Crippen molar-refractivity contribution in [2.24, 2.45) is 0 Å². The summed E-state index contributed by atoms with van der Waals surface area (Å²) >= 11 is 0. The number of quaternary nitrogens is 1. The molecule has 0 bridgehead atoms. The fourth-order valence-electron chi connectivity index (χ4n) is 2.30. The summed E-state index contributed by atoms with van der Waals surface area (Å²) < 4.78 is 31.2. The van der Waals surface area contributed by atoms with Crippen molar-refractivity contribution in [2.75, 3.05) is 32.9 Å². The molecule has 23 heavy (non-hydrogen) atoms. The van der Waals surface area contributed by atoms with E-state index >= 15 is 0 Å². The smallest absolute Gasteiger partial charge is 0.270 e. The van der Waals surface area contributed by atoms with E-state index in [4.69, 9.17) is 4.55 Å². The van der Waals surface area contributed by atoms with Crippen molar-refractivity contribution >= 4 is 18.2 Å². The van der Waals surface area contributed by atoms with Crippen molar-refractivity contribution in [2.45, 2.75) is 38.5 Å². The zero-order valence-electron chi connectivity index (χ0n) is 15.2. The number of likely N-dealkylation sites (N-methyl/N-ethyl adjacent to an activating group) is 1. The highest BCUT2D eigenvalue weighted by Gasteiger charge is 2.19. The summed E-state index contributed by atoms with van der Waals surface area (Å²) in [4.78, 5) is 0. The molecule has 0 aliphatic rings. The third-order valence-electron chi connectivity index (χ3n) is 4.15. The highest BCUT2D eigenvalue weighted by Crippen LogP contribution is 2.15. The van der Waals surface area contributed by atoms with Gasteiger partial charge in [-0.25, -0.2) is 0 Å². The number of hydrogen-bond donors (Lipinski definition) is 1. The van der Waals surface area contributed by atoms with E-state index in [1.165, 1.54) is 17.2 Å². The van der Waals surface area contributed by atoms with Gasteiger partial charge in [-0.3, -0.25) is 4.55 Å². The number of hydrogen-bond acceptors (Lipinski definition) is 2. The molecule has 1 N–H and O–H groups in total. The molecule has 0 saturated heterocycles. The zero-order valence-corrected chi connectivity index (χ0v) is 17.0. The molecule has 0 fully saturated rings. The lowest BCUT2D eigenvalue weighted by Gasteiger charge is -2.29. The minimum atomic E-state index is -3.88. The molecular weight excluding hydrogens is 326 g/mol. The Bertz CT molecular complexity index is 589. The largest absolute Gasteiger partial charge is 0.327 e. The molecule has 0 aromatic heterocycles. The van der Waals surface area contributed by atoms with E-state index in [1.807, 2.05) is 14.1 Å². The molecule has 0 spiro atoms. The Labute approximate surface area is 142 Å². The quantitative estimate of drug-likeness (QED) is 0.419. The summed E-state index contributed by atoms with van der Waals surface area (Å²) in [6.45, 7) is 8.47. The van der Waals surface area contributed by atoms with Gasteiger partial charge in [0.25, 0.3) is 10.1 Å². The Morgan fingerprint density at radius 3 is 1.87 bits per heavy atom. The molecule has 6 heteroatoms. The maximum Gasteiger partial charge on any atom is 0.270 e. The van der Waals surface area contributed by atoms with E-state index in [0.717, 1.165) is 19.4 Å². The normalized spacial score (nSPS) is 13.3. The van der Waals surface area contributed by atoms with Crippen molar-refractivity contribution in [3.63, 3.8) is 0 Å². The third-order valence-corrected chi connectivity index (χ3v) is 6.60. The van der Waals surface area contributed by atoms with Crippen LogP contribution in [0.15, 0.2) is 24.3 Å². The monoisotopic (exact) mass is 358 g/mol. The van der Waals surface area contributed by atoms with Crippen molar-refractivity contribution < 1.29 is 17.5 Å². The minimum Gasteiger partial charge on any atom is -0.327 e. The van der Waals surface area contributed by atoms with Gasteiger partial charge in [0.1, 0.15) is 5.75 Å². The Kier molecular flexibility index (Phi) is 7.01. The van der Waals surface area contributed by atoms with Crippen LogP contribution in [0.1, 0.15) is 11.1 Å². The third kappa shape index (κ3) is 9.91. The fourth-order valence-corrected chi connectivity index (χ4v) is 4.06. The summed E-state index contributed by atoms with van der Waals surface area (Å²) in [5, 5.41) is 0. The van der Waals surface area contributed by atoms with Gasteiger partial charge in [0.15, 0.2) is 0 Å². The molecule has 0 radical (unpaired) electrons. The number of nitrogens with zero attached hydrogens (tertiary/aromatic N) is 1. The number of benzene rings is 1. The maximum absolute atomic E-state index is 10.9. The Morgan fingerprint density at radius 1 is 0.957 bits per heavy atom. The topological polar surface area (TPSA) is 54.4 Å². The van der Waals surface area contributed by atoms with Gasteiger partial charge >= 0.3 is 0 Å². The second kappa shape index (κ2) is 7.92.